The van der Waals surface area contributed by atoms with E-state index in [-0.39, 0.29) is 24.5 Å². The van der Waals surface area contributed by atoms with Crippen molar-refractivity contribution in [1.29, 1.82) is 0 Å². The third kappa shape index (κ3) is 5.02. The number of ether oxygens (including phenoxy) is 1. The molecule has 0 unspecified atom stereocenters. The predicted molar refractivity (Wildman–Crippen MR) is 90.2 cm³/mol. The van der Waals surface area contributed by atoms with Crippen LogP contribution in [0.15, 0.2) is 23.4 Å². The Bertz CT molecular complexity index is 685. The maximum absolute atomic E-state index is 11.9. The van der Waals surface area contributed by atoms with Crippen LogP contribution in [0.3, 0.4) is 0 Å². The number of hydrogen-bond acceptors (Lipinski definition) is 5. The van der Waals surface area contributed by atoms with E-state index in [9.17, 15) is 8.42 Å². The number of aryl methyl sites for hydroxylation is 2. The molecule has 1 aliphatic rings. The summed E-state index contributed by atoms with van der Waals surface area (Å²) in [6.07, 6.45) is -0.0382. The van der Waals surface area contributed by atoms with E-state index in [1.165, 1.54) is 18.2 Å². The summed E-state index contributed by atoms with van der Waals surface area (Å²) in [6.45, 7) is 6.03. The normalized spacial score (nSPS) is 19.3. The first-order chi connectivity index (χ1) is 10.8. The molecular formula is C16H24N2O4S. The third-order valence-electron chi connectivity index (χ3n) is 3.96. The zero-order valence-electron chi connectivity index (χ0n) is 14.0. The largest absolute Gasteiger partial charge is 0.390 e. The number of rotatable bonds is 7. The van der Waals surface area contributed by atoms with Gasteiger partial charge in [-0.3, -0.25) is 0 Å². The third-order valence-corrected chi connectivity index (χ3v) is 5.48. The average Bonchev–Trinajstić information content (AvgIpc) is 2.96. The molecule has 6 nitrogen and oxygen atoms in total. The van der Waals surface area contributed by atoms with Gasteiger partial charge in [-0.05, 0) is 43.5 Å². The minimum absolute atomic E-state index is 0.0684. The van der Waals surface area contributed by atoms with Crippen molar-refractivity contribution in [1.82, 2.24) is 4.72 Å². The summed E-state index contributed by atoms with van der Waals surface area (Å²) in [7, 11) is -1.89. The Morgan fingerprint density at radius 2 is 2.13 bits per heavy atom. The number of benzene rings is 1. The fourth-order valence-corrected chi connectivity index (χ4v) is 3.60. The van der Waals surface area contributed by atoms with Crippen molar-refractivity contribution in [3.63, 3.8) is 0 Å². The van der Waals surface area contributed by atoms with Gasteiger partial charge in [0.2, 0.25) is 10.0 Å². The standard InChI is InChI=1S/C16H24N2O4S/c1-11-5-6-14(7-12(11)2)16-8-15(22-18-16)9-17-23(19,20)10-13(3)21-4/h5-7,13,15,17H,8-10H2,1-4H3/t13-,15+/m1/s1. The highest BCUT2D eigenvalue weighted by Gasteiger charge is 2.25. The Labute approximate surface area is 137 Å². The lowest BCUT2D eigenvalue weighted by molar-refractivity contribution is 0.0889. The van der Waals surface area contributed by atoms with Crippen LogP contribution in [0.5, 0.6) is 0 Å². The summed E-state index contributed by atoms with van der Waals surface area (Å²) < 4.78 is 31.3. The first-order valence-electron chi connectivity index (χ1n) is 7.61. The van der Waals surface area contributed by atoms with Crippen molar-refractivity contribution in [3.8, 4) is 0 Å². The van der Waals surface area contributed by atoms with Crippen molar-refractivity contribution in [2.45, 2.75) is 39.4 Å². The molecule has 1 aromatic carbocycles. The summed E-state index contributed by atoms with van der Waals surface area (Å²) in [6, 6.07) is 6.14. The van der Waals surface area contributed by atoms with Gasteiger partial charge < -0.3 is 9.57 Å². The minimum Gasteiger partial charge on any atom is -0.390 e. The topological polar surface area (TPSA) is 77.0 Å². The van der Waals surface area contributed by atoms with E-state index in [1.807, 2.05) is 6.07 Å². The van der Waals surface area contributed by atoms with Gasteiger partial charge in [0, 0.05) is 13.5 Å². The number of oxime groups is 1. The van der Waals surface area contributed by atoms with E-state index in [0.717, 1.165) is 11.3 Å². The highest BCUT2D eigenvalue weighted by Crippen LogP contribution is 2.19. The van der Waals surface area contributed by atoms with Gasteiger partial charge in [0.05, 0.1) is 24.1 Å². The van der Waals surface area contributed by atoms with Crippen LogP contribution < -0.4 is 4.72 Å². The molecule has 0 amide bonds. The van der Waals surface area contributed by atoms with Crippen molar-refractivity contribution >= 4 is 15.7 Å². The highest BCUT2D eigenvalue weighted by molar-refractivity contribution is 7.89. The van der Waals surface area contributed by atoms with Crippen molar-refractivity contribution in [2.24, 2.45) is 5.16 Å². The van der Waals surface area contributed by atoms with Crippen LogP contribution in [0.25, 0.3) is 0 Å². The molecule has 1 heterocycles. The molecule has 2 rings (SSSR count). The molecule has 0 aromatic heterocycles. The molecule has 0 saturated heterocycles. The predicted octanol–water partition coefficient (Wildman–Crippen LogP) is 1.75. The number of nitrogens with zero attached hydrogens (tertiary/aromatic N) is 1. The molecule has 2 atom stereocenters. The molecule has 1 aromatic rings. The van der Waals surface area contributed by atoms with Gasteiger partial charge >= 0.3 is 0 Å². The van der Waals surface area contributed by atoms with Crippen molar-refractivity contribution < 1.29 is 18.0 Å². The summed E-state index contributed by atoms with van der Waals surface area (Å²) >= 11 is 0. The number of methoxy groups -OCH3 is 1. The molecule has 7 heteroatoms. The van der Waals surface area contributed by atoms with E-state index < -0.39 is 10.0 Å². The summed E-state index contributed by atoms with van der Waals surface area (Å²) in [5.74, 6) is -0.0684. The van der Waals surface area contributed by atoms with E-state index in [2.05, 4.69) is 35.9 Å². The van der Waals surface area contributed by atoms with Gasteiger partial charge in [0.25, 0.3) is 0 Å². The van der Waals surface area contributed by atoms with Gasteiger partial charge in [0.15, 0.2) is 0 Å². The number of sulfonamides is 1. The Hall–Kier alpha value is -1.44. The molecular weight excluding hydrogens is 316 g/mol. The molecule has 0 aliphatic carbocycles. The zero-order valence-corrected chi connectivity index (χ0v) is 14.8. The second-order valence-electron chi connectivity index (χ2n) is 5.94. The van der Waals surface area contributed by atoms with Gasteiger partial charge in [0.1, 0.15) is 6.10 Å². The SMILES string of the molecule is CO[C@H](C)CS(=O)(=O)NC[C@@H]1CC(c2ccc(C)c(C)c2)=NO1. The van der Waals surface area contributed by atoms with Crippen LogP contribution in [-0.2, 0) is 19.6 Å². The van der Waals surface area contributed by atoms with Gasteiger partial charge in [-0.2, -0.15) is 0 Å². The Morgan fingerprint density at radius 1 is 1.39 bits per heavy atom. The second-order valence-corrected chi connectivity index (χ2v) is 7.80. The summed E-state index contributed by atoms with van der Waals surface area (Å²) in [4.78, 5) is 5.35. The van der Waals surface area contributed by atoms with E-state index >= 15 is 0 Å². The van der Waals surface area contributed by atoms with Crippen LogP contribution >= 0.6 is 0 Å². The Morgan fingerprint density at radius 3 is 2.78 bits per heavy atom. The molecule has 0 saturated carbocycles. The maximum atomic E-state index is 11.9. The lowest BCUT2D eigenvalue weighted by Crippen LogP contribution is -2.36. The minimum atomic E-state index is -3.38. The van der Waals surface area contributed by atoms with Crippen LogP contribution in [0.1, 0.15) is 30.0 Å². The number of hydrogen-bond donors (Lipinski definition) is 1. The first kappa shape index (κ1) is 17.9. The monoisotopic (exact) mass is 340 g/mol. The summed E-state index contributed by atoms with van der Waals surface area (Å²) in [5.41, 5.74) is 4.29. The summed E-state index contributed by atoms with van der Waals surface area (Å²) in [5, 5.41) is 4.09. The molecule has 128 valence electrons. The highest BCUT2D eigenvalue weighted by atomic mass is 32.2. The maximum Gasteiger partial charge on any atom is 0.214 e. The Kier molecular flexibility index (Phi) is 5.78. The molecule has 1 N–H and O–H groups in total. The van der Waals surface area contributed by atoms with Crippen molar-refractivity contribution in [2.75, 3.05) is 19.4 Å². The average molecular weight is 340 g/mol. The van der Waals surface area contributed by atoms with Crippen LogP contribution in [0.4, 0.5) is 0 Å². The smallest absolute Gasteiger partial charge is 0.214 e. The Balaban J connectivity index is 1.88. The first-order valence-corrected chi connectivity index (χ1v) is 9.26. The molecule has 0 bridgehead atoms. The van der Waals surface area contributed by atoms with Crippen molar-refractivity contribution in [3.05, 3.63) is 34.9 Å². The van der Waals surface area contributed by atoms with Gasteiger partial charge in [-0.15, -0.1) is 0 Å². The molecule has 0 radical (unpaired) electrons. The molecule has 1 aliphatic heterocycles. The fraction of sp³-hybridized carbons (Fsp3) is 0.562. The van der Waals surface area contributed by atoms with E-state index in [4.69, 9.17) is 9.57 Å². The van der Waals surface area contributed by atoms with Gasteiger partial charge in [-0.1, -0.05) is 17.3 Å². The quantitative estimate of drug-likeness (QED) is 0.820. The van der Waals surface area contributed by atoms with Crippen LogP contribution in [-0.4, -0.2) is 45.7 Å². The molecule has 0 fully saturated rings. The molecule has 23 heavy (non-hydrogen) atoms. The second kappa shape index (κ2) is 7.42. The molecule has 0 spiro atoms. The van der Waals surface area contributed by atoms with Crippen LogP contribution in [0, 0.1) is 13.8 Å². The van der Waals surface area contributed by atoms with Crippen LogP contribution in [0.2, 0.25) is 0 Å². The lowest BCUT2D eigenvalue weighted by Gasteiger charge is -2.13. The van der Waals surface area contributed by atoms with E-state index in [0.29, 0.717) is 6.42 Å². The number of nitrogens with one attached hydrogen (secondary N) is 1. The zero-order chi connectivity index (χ0) is 17.0. The fourth-order valence-electron chi connectivity index (χ4n) is 2.29. The van der Waals surface area contributed by atoms with E-state index in [1.54, 1.807) is 6.92 Å². The van der Waals surface area contributed by atoms with Gasteiger partial charge in [-0.25, -0.2) is 13.1 Å². The lowest BCUT2D eigenvalue weighted by atomic mass is 10.0.